The van der Waals surface area contributed by atoms with Crippen molar-refractivity contribution in [2.75, 3.05) is 27.3 Å². The fourth-order valence-corrected chi connectivity index (χ4v) is 5.15. The Morgan fingerprint density at radius 2 is 1.97 bits per heavy atom. The van der Waals surface area contributed by atoms with Crippen LogP contribution in [0.1, 0.15) is 36.0 Å². The first kappa shape index (κ1) is 21.8. The zero-order valence-electron chi connectivity index (χ0n) is 17.5. The van der Waals surface area contributed by atoms with Gasteiger partial charge in [0, 0.05) is 31.7 Å². The number of nitrogens with zero attached hydrogens (tertiary/aromatic N) is 3. The maximum absolute atomic E-state index is 13.4. The number of aliphatic hydroxyl groups is 1. The average molecular weight is 437 g/mol. The van der Waals surface area contributed by atoms with Crippen molar-refractivity contribution in [1.82, 2.24) is 14.9 Å². The highest BCUT2D eigenvalue weighted by Gasteiger charge is 2.51. The predicted octanol–water partition coefficient (Wildman–Crippen LogP) is 3.63. The zero-order valence-corrected chi connectivity index (χ0v) is 17.5. The Balaban J connectivity index is 1.60. The van der Waals surface area contributed by atoms with E-state index in [4.69, 9.17) is 9.47 Å². The molecule has 1 aromatic carbocycles. The highest BCUT2D eigenvalue weighted by molar-refractivity contribution is 5.34. The van der Waals surface area contributed by atoms with Gasteiger partial charge in [-0.05, 0) is 36.8 Å². The molecule has 1 aromatic heterocycles. The lowest BCUT2D eigenvalue weighted by atomic mass is 9.68. The van der Waals surface area contributed by atoms with E-state index in [1.165, 1.54) is 32.5 Å². The van der Waals surface area contributed by atoms with Crippen molar-refractivity contribution in [2.45, 2.75) is 37.6 Å². The van der Waals surface area contributed by atoms with Crippen LogP contribution in [0.15, 0.2) is 30.5 Å². The average Bonchev–Trinajstić information content (AvgIpc) is 3.17. The molecule has 2 aliphatic rings. The van der Waals surface area contributed by atoms with Gasteiger partial charge in [0.15, 0.2) is 0 Å². The number of rotatable bonds is 5. The van der Waals surface area contributed by atoms with Crippen molar-refractivity contribution in [1.29, 1.82) is 0 Å². The summed E-state index contributed by atoms with van der Waals surface area (Å²) >= 11 is 0. The van der Waals surface area contributed by atoms with Crippen molar-refractivity contribution < 1.29 is 27.8 Å². The molecule has 3 unspecified atom stereocenters. The second-order valence-electron chi connectivity index (χ2n) is 8.31. The van der Waals surface area contributed by atoms with Gasteiger partial charge in [-0.15, -0.1) is 0 Å². The molecule has 0 amide bonds. The van der Waals surface area contributed by atoms with E-state index in [0.717, 1.165) is 18.9 Å². The topological polar surface area (TPSA) is 67.7 Å². The Morgan fingerprint density at radius 1 is 1.19 bits per heavy atom. The van der Waals surface area contributed by atoms with E-state index in [-0.39, 0.29) is 35.8 Å². The summed E-state index contributed by atoms with van der Waals surface area (Å²) in [6.45, 7) is 1.32. The van der Waals surface area contributed by atoms with Crippen LogP contribution in [-0.2, 0) is 18.3 Å². The van der Waals surface area contributed by atoms with Crippen LogP contribution in [0.2, 0.25) is 0 Å². The summed E-state index contributed by atoms with van der Waals surface area (Å²) in [5.41, 5.74) is -1.06. The molecule has 3 atom stereocenters. The smallest absolute Gasteiger partial charge is 0.416 e. The lowest BCUT2D eigenvalue weighted by molar-refractivity contribution is -0.138. The number of aromatic nitrogens is 2. The molecule has 2 fully saturated rings. The summed E-state index contributed by atoms with van der Waals surface area (Å²) in [6.07, 6.45) is -0.608. The van der Waals surface area contributed by atoms with Crippen LogP contribution in [-0.4, -0.2) is 47.3 Å². The zero-order chi connectivity index (χ0) is 22.2. The van der Waals surface area contributed by atoms with Gasteiger partial charge >= 0.3 is 12.2 Å². The molecule has 2 heterocycles. The van der Waals surface area contributed by atoms with Crippen LogP contribution in [0.25, 0.3) is 0 Å². The highest BCUT2D eigenvalue weighted by Crippen LogP contribution is 2.50. The summed E-state index contributed by atoms with van der Waals surface area (Å²) in [4.78, 5) is 10.4. The standard InChI is InChI=1S/C22H26F3N3O3/c1-30-19-17(10-26-20(27-19)31-2)21(29)9-5-7-15-12-28(13-18(15)21)11-14-6-3-4-8-16(14)22(23,24)25/h3-4,6,8,10,15,18,29H,5,7,9,11-13H2,1-2H3. The SMILES string of the molecule is COc1ncc(C2(O)CCCC3CN(Cc4ccccc4C(F)(F)F)CC32)c(OC)n1. The first-order valence-electron chi connectivity index (χ1n) is 10.3. The molecule has 1 saturated carbocycles. The van der Waals surface area contributed by atoms with E-state index in [1.54, 1.807) is 6.07 Å². The number of hydrogen-bond donors (Lipinski definition) is 1. The van der Waals surface area contributed by atoms with Gasteiger partial charge in [0.25, 0.3) is 0 Å². The predicted molar refractivity (Wildman–Crippen MR) is 107 cm³/mol. The van der Waals surface area contributed by atoms with E-state index < -0.39 is 17.3 Å². The molecule has 31 heavy (non-hydrogen) atoms. The Bertz CT molecular complexity index is 940. The molecule has 0 spiro atoms. The summed E-state index contributed by atoms with van der Waals surface area (Å²) in [6, 6.07) is 5.83. The monoisotopic (exact) mass is 437 g/mol. The number of likely N-dealkylation sites (tertiary alicyclic amines) is 1. The van der Waals surface area contributed by atoms with Crippen LogP contribution in [0.3, 0.4) is 0 Å². The van der Waals surface area contributed by atoms with E-state index in [1.807, 2.05) is 4.90 Å². The minimum absolute atomic E-state index is 0.147. The molecule has 0 radical (unpaired) electrons. The van der Waals surface area contributed by atoms with Crippen molar-refractivity contribution >= 4 is 0 Å². The first-order valence-corrected chi connectivity index (χ1v) is 10.3. The maximum Gasteiger partial charge on any atom is 0.416 e. The number of hydrogen-bond acceptors (Lipinski definition) is 6. The van der Waals surface area contributed by atoms with Crippen LogP contribution in [0.5, 0.6) is 11.9 Å². The molecule has 4 rings (SSSR count). The van der Waals surface area contributed by atoms with Crippen molar-refractivity contribution in [2.24, 2.45) is 11.8 Å². The maximum atomic E-state index is 13.4. The molecule has 0 bridgehead atoms. The van der Waals surface area contributed by atoms with Gasteiger partial charge in [0.05, 0.1) is 25.3 Å². The number of methoxy groups -OCH3 is 2. The van der Waals surface area contributed by atoms with Crippen molar-refractivity contribution in [3.8, 4) is 11.9 Å². The molecule has 1 aliphatic heterocycles. The Hall–Kier alpha value is -2.39. The molecule has 1 N–H and O–H groups in total. The second-order valence-corrected chi connectivity index (χ2v) is 8.31. The van der Waals surface area contributed by atoms with Crippen molar-refractivity contribution in [3.05, 3.63) is 47.2 Å². The molecular weight excluding hydrogens is 411 g/mol. The molecule has 9 heteroatoms. The summed E-state index contributed by atoms with van der Waals surface area (Å²) < 4.78 is 50.7. The number of ether oxygens (including phenoxy) is 2. The fourth-order valence-electron chi connectivity index (χ4n) is 5.15. The number of halogens is 3. The van der Waals surface area contributed by atoms with Crippen LogP contribution in [0.4, 0.5) is 13.2 Å². The van der Waals surface area contributed by atoms with Gasteiger partial charge in [0.1, 0.15) is 5.60 Å². The number of benzene rings is 1. The third-order valence-electron chi connectivity index (χ3n) is 6.55. The largest absolute Gasteiger partial charge is 0.481 e. The first-order chi connectivity index (χ1) is 14.8. The van der Waals surface area contributed by atoms with E-state index in [2.05, 4.69) is 9.97 Å². The van der Waals surface area contributed by atoms with E-state index >= 15 is 0 Å². The van der Waals surface area contributed by atoms with Crippen LogP contribution < -0.4 is 9.47 Å². The molecule has 6 nitrogen and oxygen atoms in total. The molecule has 2 aromatic rings. The lowest BCUT2D eigenvalue weighted by Gasteiger charge is -2.41. The quantitative estimate of drug-likeness (QED) is 0.771. The van der Waals surface area contributed by atoms with Gasteiger partial charge in [-0.25, -0.2) is 4.98 Å². The third-order valence-corrected chi connectivity index (χ3v) is 6.55. The Labute approximate surface area is 179 Å². The molecule has 1 saturated heterocycles. The van der Waals surface area contributed by atoms with E-state index in [0.29, 0.717) is 25.1 Å². The summed E-state index contributed by atoms with van der Waals surface area (Å²) in [7, 11) is 2.93. The van der Waals surface area contributed by atoms with Gasteiger partial charge in [0.2, 0.25) is 5.88 Å². The fraction of sp³-hybridized carbons (Fsp3) is 0.545. The summed E-state index contributed by atoms with van der Waals surface area (Å²) in [5.74, 6) is 0.282. The lowest BCUT2D eigenvalue weighted by Crippen LogP contribution is -2.43. The van der Waals surface area contributed by atoms with Gasteiger partial charge in [-0.2, -0.15) is 18.2 Å². The number of fused-ring (bicyclic) bond motifs is 1. The van der Waals surface area contributed by atoms with Gasteiger partial charge < -0.3 is 14.6 Å². The molecule has 1 aliphatic carbocycles. The minimum Gasteiger partial charge on any atom is -0.481 e. The number of alkyl halides is 3. The second kappa shape index (κ2) is 8.27. The Kier molecular flexibility index (Phi) is 5.83. The van der Waals surface area contributed by atoms with E-state index in [9.17, 15) is 18.3 Å². The van der Waals surface area contributed by atoms with Gasteiger partial charge in [-0.1, -0.05) is 18.2 Å². The third kappa shape index (κ3) is 4.08. The normalized spacial score (nSPS) is 26.5. The molecule has 168 valence electrons. The molecular formula is C22H26F3N3O3. The van der Waals surface area contributed by atoms with Crippen LogP contribution >= 0.6 is 0 Å². The van der Waals surface area contributed by atoms with Gasteiger partial charge in [-0.3, -0.25) is 4.90 Å². The summed E-state index contributed by atoms with van der Waals surface area (Å²) in [5, 5.41) is 11.7. The van der Waals surface area contributed by atoms with Crippen LogP contribution in [0, 0.1) is 11.8 Å². The van der Waals surface area contributed by atoms with Crippen molar-refractivity contribution in [3.63, 3.8) is 0 Å². The minimum atomic E-state index is -4.39. The highest BCUT2D eigenvalue weighted by atomic mass is 19.4. The Morgan fingerprint density at radius 3 is 2.68 bits per heavy atom.